The van der Waals surface area contributed by atoms with Crippen molar-refractivity contribution in [2.24, 2.45) is 0 Å². The normalized spacial score (nSPS) is 10.7. The van der Waals surface area contributed by atoms with E-state index in [0.717, 1.165) is 33.6 Å². The lowest BCUT2D eigenvalue weighted by Crippen LogP contribution is -1.89. The molecule has 3 rings (SSSR count). The monoisotopic (exact) mass is 235 g/mol. The molecule has 0 N–H and O–H groups in total. The average molecular weight is 235 g/mol. The van der Waals surface area contributed by atoms with Gasteiger partial charge >= 0.3 is 0 Å². The number of benzene rings is 1. The van der Waals surface area contributed by atoms with Crippen LogP contribution >= 0.6 is 0 Å². The van der Waals surface area contributed by atoms with Crippen molar-refractivity contribution in [3.05, 3.63) is 72.3 Å². The molecule has 0 radical (unpaired) electrons. The second-order valence-corrected chi connectivity index (χ2v) is 4.35. The van der Waals surface area contributed by atoms with Crippen molar-refractivity contribution in [3.8, 4) is 0 Å². The summed E-state index contributed by atoms with van der Waals surface area (Å²) in [5, 5.41) is 1.08. The third-order valence-corrected chi connectivity index (χ3v) is 2.95. The third-order valence-electron chi connectivity index (χ3n) is 2.95. The van der Waals surface area contributed by atoms with E-state index >= 15 is 0 Å². The number of fused-ring (bicyclic) bond motifs is 1. The smallest absolute Gasteiger partial charge is 0.136 e. The SMILES string of the molecule is C=C(c1cc(C)ccn1)c1cc2ccccc2o1. The fourth-order valence-corrected chi connectivity index (χ4v) is 1.96. The minimum absolute atomic E-state index is 0.773. The van der Waals surface area contributed by atoms with Crippen molar-refractivity contribution in [2.75, 3.05) is 0 Å². The summed E-state index contributed by atoms with van der Waals surface area (Å²) < 4.78 is 5.78. The van der Waals surface area contributed by atoms with Crippen LogP contribution in [0.15, 0.2) is 59.7 Å². The number of hydrogen-bond acceptors (Lipinski definition) is 2. The van der Waals surface area contributed by atoms with Crippen molar-refractivity contribution < 1.29 is 4.42 Å². The standard InChI is InChI=1S/C16H13NO/c1-11-7-8-17-14(9-11)12(2)16-10-13-5-3-4-6-15(13)18-16/h3-10H,2H2,1H3. The van der Waals surface area contributed by atoms with Gasteiger partial charge in [0.15, 0.2) is 0 Å². The van der Waals surface area contributed by atoms with E-state index in [2.05, 4.69) is 11.6 Å². The Morgan fingerprint density at radius 1 is 1.17 bits per heavy atom. The first-order chi connectivity index (χ1) is 8.74. The lowest BCUT2D eigenvalue weighted by Gasteiger charge is -2.02. The molecule has 0 saturated carbocycles. The largest absolute Gasteiger partial charge is 0.456 e. The molecule has 88 valence electrons. The summed E-state index contributed by atoms with van der Waals surface area (Å²) in [6.07, 6.45) is 1.79. The number of para-hydroxylation sites is 1. The predicted molar refractivity (Wildman–Crippen MR) is 73.3 cm³/mol. The molecular weight excluding hydrogens is 222 g/mol. The minimum atomic E-state index is 0.773. The van der Waals surface area contributed by atoms with Gasteiger partial charge in [0.2, 0.25) is 0 Å². The topological polar surface area (TPSA) is 26.0 Å². The average Bonchev–Trinajstić information content (AvgIpc) is 2.81. The van der Waals surface area contributed by atoms with E-state index in [1.807, 2.05) is 49.4 Å². The number of aromatic nitrogens is 1. The Morgan fingerprint density at radius 3 is 2.78 bits per heavy atom. The van der Waals surface area contributed by atoms with Gasteiger partial charge in [0.25, 0.3) is 0 Å². The number of nitrogens with zero attached hydrogens (tertiary/aromatic N) is 1. The van der Waals surface area contributed by atoms with Crippen LogP contribution in [0.3, 0.4) is 0 Å². The predicted octanol–water partition coefficient (Wildman–Crippen LogP) is 4.20. The van der Waals surface area contributed by atoms with Crippen LogP contribution < -0.4 is 0 Å². The summed E-state index contributed by atoms with van der Waals surface area (Å²) in [7, 11) is 0. The number of rotatable bonds is 2. The second-order valence-electron chi connectivity index (χ2n) is 4.35. The Kier molecular flexibility index (Phi) is 2.49. The van der Waals surface area contributed by atoms with Gasteiger partial charge in [0, 0.05) is 17.2 Å². The van der Waals surface area contributed by atoms with E-state index in [1.165, 1.54) is 0 Å². The second kappa shape index (κ2) is 4.15. The van der Waals surface area contributed by atoms with Gasteiger partial charge in [-0.05, 0) is 36.8 Å². The van der Waals surface area contributed by atoms with Crippen LogP contribution in [0.1, 0.15) is 17.0 Å². The highest BCUT2D eigenvalue weighted by Crippen LogP contribution is 2.27. The van der Waals surface area contributed by atoms with Gasteiger partial charge in [-0.3, -0.25) is 4.98 Å². The highest BCUT2D eigenvalue weighted by Gasteiger charge is 2.09. The summed E-state index contributed by atoms with van der Waals surface area (Å²) in [5.41, 5.74) is 3.71. The Balaban J connectivity index is 2.06. The Hall–Kier alpha value is -2.35. The zero-order chi connectivity index (χ0) is 12.5. The van der Waals surface area contributed by atoms with Gasteiger partial charge in [-0.25, -0.2) is 0 Å². The van der Waals surface area contributed by atoms with Crippen LogP contribution in [0.4, 0.5) is 0 Å². The zero-order valence-electron chi connectivity index (χ0n) is 10.2. The van der Waals surface area contributed by atoms with Gasteiger partial charge in [-0.2, -0.15) is 0 Å². The zero-order valence-corrected chi connectivity index (χ0v) is 10.2. The first-order valence-corrected chi connectivity index (χ1v) is 5.85. The van der Waals surface area contributed by atoms with E-state index in [1.54, 1.807) is 6.20 Å². The molecule has 0 aliphatic rings. The molecule has 0 atom stereocenters. The van der Waals surface area contributed by atoms with E-state index in [9.17, 15) is 0 Å². The van der Waals surface area contributed by atoms with E-state index in [0.29, 0.717) is 0 Å². The molecule has 0 fully saturated rings. The lowest BCUT2D eigenvalue weighted by molar-refractivity contribution is 0.600. The van der Waals surface area contributed by atoms with Crippen LogP contribution in [0, 0.1) is 6.92 Å². The molecule has 0 spiro atoms. The van der Waals surface area contributed by atoms with Gasteiger partial charge in [0.05, 0.1) is 5.69 Å². The van der Waals surface area contributed by atoms with Gasteiger partial charge in [0.1, 0.15) is 11.3 Å². The van der Waals surface area contributed by atoms with E-state index in [-0.39, 0.29) is 0 Å². The quantitative estimate of drug-likeness (QED) is 0.665. The minimum Gasteiger partial charge on any atom is -0.456 e. The molecule has 0 unspecified atom stereocenters. The molecule has 1 aromatic carbocycles. The summed E-state index contributed by atoms with van der Waals surface area (Å²) in [6.45, 7) is 6.11. The van der Waals surface area contributed by atoms with Crippen molar-refractivity contribution >= 4 is 16.5 Å². The van der Waals surface area contributed by atoms with Crippen LogP contribution in [0.2, 0.25) is 0 Å². The van der Waals surface area contributed by atoms with Crippen LogP contribution in [0.25, 0.3) is 16.5 Å². The van der Waals surface area contributed by atoms with Crippen LogP contribution in [0.5, 0.6) is 0 Å². The molecule has 0 aliphatic carbocycles. The Labute approximate surface area is 106 Å². The number of hydrogen-bond donors (Lipinski definition) is 0. The van der Waals surface area contributed by atoms with Crippen molar-refractivity contribution in [2.45, 2.75) is 6.92 Å². The maximum absolute atomic E-state index is 5.78. The van der Waals surface area contributed by atoms with Crippen molar-refractivity contribution in [3.63, 3.8) is 0 Å². The Bertz CT molecular complexity index is 692. The lowest BCUT2D eigenvalue weighted by atomic mass is 10.1. The maximum Gasteiger partial charge on any atom is 0.136 e. The Morgan fingerprint density at radius 2 is 2.00 bits per heavy atom. The highest BCUT2D eigenvalue weighted by molar-refractivity contribution is 5.84. The van der Waals surface area contributed by atoms with E-state index in [4.69, 9.17) is 4.42 Å². The molecule has 2 aromatic heterocycles. The summed E-state index contributed by atoms with van der Waals surface area (Å²) >= 11 is 0. The third kappa shape index (κ3) is 1.82. The molecule has 2 heterocycles. The maximum atomic E-state index is 5.78. The number of aryl methyl sites for hydroxylation is 1. The van der Waals surface area contributed by atoms with Crippen molar-refractivity contribution in [1.82, 2.24) is 4.98 Å². The fourth-order valence-electron chi connectivity index (χ4n) is 1.96. The number of furan rings is 1. The molecule has 2 heteroatoms. The fraction of sp³-hybridized carbons (Fsp3) is 0.0625. The molecule has 0 bridgehead atoms. The van der Waals surface area contributed by atoms with Crippen molar-refractivity contribution in [1.29, 1.82) is 0 Å². The molecular formula is C16H13NO. The first-order valence-electron chi connectivity index (χ1n) is 5.85. The summed E-state index contributed by atoms with van der Waals surface area (Å²) in [6, 6.07) is 13.9. The molecule has 0 amide bonds. The first kappa shape index (κ1) is 10.8. The van der Waals surface area contributed by atoms with Gasteiger partial charge < -0.3 is 4.42 Å². The van der Waals surface area contributed by atoms with Crippen LogP contribution in [-0.4, -0.2) is 4.98 Å². The molecule has 0 saturated heterocycles. The highest BCUT2D eigenvalue weighted by atomic mass is 16.3. The number of pyridine rings is 1. The van der Waals surface area contributed by atoms with Gasteiger partial charge in [-0.15, -0.1) is 0 Å². The molecule has 18 heavy (non-hydrogen) atoms. The van der Waals surface area contributed by atoms with Crippen LogP contribution in [-0.2, 0) is 0 Å². The van der Waals surface area contributed by atoms with Gasteiger partial charge in [-0.1, -0.05) is 24.8 Å². The molecule has 3 aromatic rings. The summed E-state index contributed by atoms with van der Waals surface area (Å²) in [4.78, 5) is 4.33. The molecule has 0 aliphatic heterocycles. The summed E-state index contributed by atoms with van der Waals surface area (Å²) in [5.74, 6) is 0.773. The van der Waals surface area contributed by atoms with E-state index < -0.39 is 0 Å². The molecule has 2 nitrogen and oxygen atoms in total.